The molecule has 0 saturated carbocycles. The number of hydrogen-bond donors (Lipinski definition) is 1. The van der Waals surface area contributed by atoms with E-state index in [2.05, 4.69) is 25.3 Å². The Morgan fingerprint density at radius 3 is 2.79 bits per heavy atom. The van der Waals surface area contributed by atoms with Crippen molar-refractivity contribution < 1.29 is 9.53 Å². The number of anilines is 2. The van der Waals surface area contributed by atoms with Gasteiger partial charge in [-0.25, -0.2) is 14.6 Å². The fourth-order valence-electron chi connectivity index (χ4n) is 3.57. The number of amides is 1. The van der Waals surface area contributed by atoms with Gasteiger partial charge in [0.15, 0.2) is 5.65 Å². The van der Waals surface area contributed by atoms with Crippen molar-refractivity contribution in [2.45, 2.75) is 32.2 Å². The van der Waals surface area contributed by atoms with Crippen LogP contribution in [0.5, 0.6) is 5.75 Å². The summed E-state index contributed by atoms with van der Waals surface area (Å²) in [5, 5.41) is 8.15. The van der Waals surface area contributed by atoms with Crippen molar-refractivity contribution in [1.82, 2.24) is 19.7 Å². The average Bonchev–Trinajstić information content (AvgIpc) is 2.93. The van der Waals surface area contributed by atoms with E-state index in [1.54, 1.807) is 30.4 Å². The highest BCUT2D eigenvalue weighted by Gasteiger charge is 2.18. The number of hydrogen-bond acceptors (Lipinski definition) is 6. The van der Waals surface area contributed by atoms with Crippen LogP contribution < -0.4 is 15.0 Å². The maximum absolute atomic E-state index is 12.5. The Hall–Kier alpha value is -3.16. The Kier molecular flexibility index (Phi) is 5.36. The van der Waals surface area contributed by atoms with Gasteiger partial charge in [-0.05, 0) is 25.0 Å². The molecule has 0 aliphatic carbocycles. The van der Waals surface area contributed by atoms with E-state index in [-0.39, 0.29) is 12.5 Å². The SMILES string of the molecule is COc1cccc(NC(=O)Cn2ncc3c(N4CCCCCC4)ncnc32)c1. The number of carbonyl (C=O) groups excluding carboxylic acids is 1. The number of nitrogens with zero attached hydrogens (tertiary/aromatic N) is 5. The minimum absolute atomic E-state index is 0.0805. The standard InChI is InChI=1S/C20H24N6O2/c1-28-16-8-6-7-15(11-16)24-18(27)13-26-20-17(12-23-26)19(21-14-22-20)25-9-4-2-3-5-10-25/h6-8,11-12,14H,2-5,9-10,13H2,1H3,(H,24,27). The molecule has 2 aromatic heterocycles. The summed E-state index contributed by atoms with van der Waals surface area (Å²) >= 11 is 0. The third-order valence-electron chi connectivity index (χ3n) is 4.97. The molecule has 1 aromatic carbocycles. The van der Waals surface area contributed by atoms with E-state index in [9.17, 15) is 4.79 Å². The zero-order valence-corrected chi connectivity index (χ0v) is 16.0. The van der Waals surface area contributed by atoms with Crippen molar-refractivity contribution in [1.29, 1.82) is 0 Å². The van der Waals surface area contributed by atoms with Crippen molar-refractivity contribution >= 4 is 28.4 Å². The smallest absolute Gasteiger partial charge is 0.246 e. The maximum atomic E-state index is 12.5. The van der Waals surface area contributed by atoms with Gasteiger partial charge in [0.05, 0.1) is 18.7 Å². The van der Waals surface area contributed by atoms with Crippen LogP contribution in [0.3, 0.4) is 0 Å². The second-order valence-corrected chi connectivity index (χ2v) is 6.92. The molecule has 1 aliphatic rings. The summed E-state index contributed by atoms with van der Waals surface area (Å²) in [4.78, 5) is 23.7. The van der Waals surface area contributed by atoms with E-state index in [0.717, 1.165) is 24.3 Å². The van der Waals surface area contributed by atoms with Gasteiger partial charge in [0.2, 0.25) is 5.91 Å². The zero-order chi connectivity index (χ0) is 19.3. The molecule has 0 atom stereocenters. The van der Waals surface area contributed by atoms with Gasteiger partial charge in [-0.1, -0.05) is 18.9 Å². The summed E-state index contributed by atoms with van der Waals surface area (Å²) in [7, 11) is 1.60. The summed E-state index contributed by atoms with van der Waals surface area (Å²) in [6, 6.07) is 7.26. The first-order valence-corrected chi connectivity index (χ1v) is 9.60. The normalized spacial score (nSPS) is 14.7. The molecule has 146 valence electrons. The average molecular weight is 380 g/mol. The van der Waals surface area contributed by atoms with Gasteiger partial charge in [-0.3, -0.25) is 4.79 Å². The number of ether oxygens (including phenoxy) is 1. The van der Waals surface area contributed by atoms with Crippen LogP contribution in [0.15, 0.2) is 36.8 Å². The lowest BCUT2D eigenvalue weighted by atomic mass is 10.2. The van der Waals surface area contributed by atoms with Crippen molar-refractivity contribution in [3.05, 3.63) is 36.8 Å². The molecule has 1 fully saturated rings. The number of fused-ring (bicyclic) bond motifs is 1. The monoisotopic (exact) mass is 380 g/mol. The summed E-state index contributed by atoms with van der Waals surface area (Å²) in [5.41, 5.74) is 1.36. The molecule has 1 N–H and O–H groups in total. The molecule has 3 aromatic rings. The Labute approximate surface area is 163 Å². The largest absolute Gasteiger partial charge is 0.497 e. The fraction of sp³-hybridized carbons (Fsp3) is 0.400. The van der Waals surface area contributed by atoms with Crippen LogP contribution in [-0.4, -0.2) is 45.9 Å². The second-order valence-electron chi connectivity index (χ2n) is 6.92. The molecule has 8 heteroatoms. The lowest BCUT2D eigenvalue weighted by Crippen LogP contribution is -2.25. The third kappa shape index (κ3) is 3.90. The van der Waals surface area contributed by atoms with Gasteiger partial charge in [0.25, 0.3) is 0 Å². The number of benzene rings is 1. The number of aromatic nitrogens is 4. The highest BCUT2D eigenvalue weighted by molar-refractivity contribution is 5.92. The molecule has 1 aliphatic heterocycles. The minimum atomic E-state index is -0.173. The van der Waals surface area contributed by atoms with E-state index >= 15 is 0 Å². The van der Waals surface area contributed by atoms with Crippen molar-refractivity contribution in [3.63, 3.8) is 0 Å². The van der Waals surface area contributed by atoms with Crippen LogP contribution in [0.4, 0.5) is 11.5 Å². The number of rotatable bonds is 5. The van der Waals surface area contributed by atoms with Gasteiger partial charge in [0, 0.05) is 24.8 Å². The van der Waals surface area contributed by atoms with Gasteiger partial charge in [-0.2, -0.15) is 5.10 Å². The van der Waals surface area contributed by atoms with Crippen LogP contribution >= 0.6 is 0 Å². The highest BCUT2D eigenvalue weighted by Crippen LogP contribution is 2.25. The van der Waals surface area contributed by atoms with E-state index in [0.29, 0.717) is 17.1 Å². The fourth-order valence-corrected chi connectivity index (χ4v) is 3.57. The summed E-state index contributed by atoms with van der Waals surface area (Å²) < 4.78 is 6.81. The summed E-state index contributed by atoms with van der Waals surface area (Å²) in [6.07, 6.45) is 8.17. The zero-order valence-electron chi connectivity index (χ0n) is 16.0. The summed E-state index contributed by atoms with van der Waals surface area (Å²) in [6.45, 7) is 2.07. The molecular weight excluding hydrogens is 356 g/mol. The number of methoxy groups -OCH3 is 1. The predicted molar refractivity (Wildman–Crippen MR) is 108 cm³/mol. The Morgan fingerprint density at radius 1 is 1.18 bits per heavy atom. The molecule has 8 nitrogen and oxygen atoms in total. The van der Waals surface area contributed by atoms with Crippen LogP contribution in [0.2, 0.25) is 0 Å². The summed E-state index contributed by atoms with van der Waals surface area (Å²) in [5.74, 6) is 1.43. The molecule has 1 saturated heterocycles. The van der Waals surface area contributed by atoms with Crippen LogP contribution in [0, 0.1) is 0 Å². The Bertz CT molecular complexity index is 962. The number of carbonyl (C=O) groups is 1. The predicted octanol–water partition coefficient (Wildman–Crippen LogP) is 2.85. The van der Waals surface area contributed by atoms with Gasteiger partial charge >= 0.3 is 0 Å². The van der Waals surface area contributed by atoms with Crippen molar-refractivity contribution in [3.8, 4) is 5.75 Å². The molecule has 1 amide bonds. The van der Waals surface area contributed by atoms with Crippen molar-refractivity contribution in [2.24, 2.45) is 0 Å². The quantitative estimate of drug-likeness (QED) is 0.733. The topological polar surface area (TPSA) is 85.2 Å². The minimum Gasteiger partial charge on any atom is -0.497 e. The molecule has 0 radical (unpaired) electrons. The Balaban J connectivity index is 1.52. The highest BCUT2D eigenvalue weighted by atomic mass is 16.5. The molecule has 0 spiro atoms. The van der Waals surface area contributed by atoms with Crippen LogP contribution in [0.25, 0.3) is 11.0 Å². The first-order chi connectivity index (χ1) is 13.7. The first kappa shape index (κ1) is 18.2. The van der Waals surface area contributed by atoms with Crippen LogP contribution in [0.1, 0.15) is 25.7 Å². The lowest BCUT2D eigenvalue weighted by Gasteiger charge is -2.21. The maximum Gasteiger partial charge on any atom is 0.246 e. The molecular formula is C20H24N6O2. The van der Waals surface area contributed by atoms with E-state index in [1.165, 1.54) is 25.7 Å². The van der Waals surface area contributed by atoms with Crippen molar-refractivity contribution in [2.75, 3.05) is 30.4 Å². The molecule has 0 unspecified atom stereocenters. The van der Waals surface area contributed by atoms with E-state index in [4.69, 9.17) is 4.74 Å². The van der Waals surface area contributed by atoms with E-state index in [1.807, 2.05) is 18.2 Å². The van der Waals surface area contributed by atoms with Gasteiger partial charge < -0.3 is 15.0 Å². The molecule has 3 heterocycles. The van der Waals surface area contributed by atoms with Gasteiger partial charge in [0.1, 0.15) is 24.4 Å². The molecule has 4 rings (SSSR count). The van der Waals surface area contributed by atoms with Gasteiger partial charge in [-0.15, -0.1) is 0 Å². The number of nitrogens with one attached hydrogen (secondary N) is 1. The molecule has 28 heavy (non-hydrogen) atoms. The van der Waals surface area contributed by atoms with E-state index < -0.39 is 0 Å². The first-order valence-electron chi connectivity index (χ1n) is 9.60. The Morgan fingerprint density at radius 2 is 2.00 bits per heavy atom. The second kappa shape index (κ2) is 8.24. The third-order valence-corrected chi connectivity index (χ3v) is 4.97. The van der Waals surface area contributed by atoms with Crippen LogP contribution in [-0.2, 0) is 11.3 Å². The molecule has 0 bridgehead atoms. The lowest BCUT2D eigenvalue weighted by molar-refractivity contribution is -0.116.